The van der Waals surface area contributed by atoms with Gasteiger partial charge in [0.2, 0.25) is 0 Å². The summed E-state index contributed by atoms with van der Waals surface area (Å²) in [5.74, 6) is -0.381. The molecule has 5 heteroatoms. The minimum Gasteiger partial charge on any atom is -0.462 e. The number of esters is 2. The molecule has 0 aliphatic rings. The van der Waals surface area contributed by atoms with E-state index < -0.39 is 6.10 Å². The smallest absolute Gasteiger partial charge is 0.306 e. The second-order valence-electron chi connectivity index (χ2n) is 20.3. The Bertz CT molecular complexity index is 1010. The van der Waals surface area contributed by atoms with Gasteiger partial charge in [0.25, 0.3) is 0 Å². The second-order valence-corrected chi connectivity index (χ2v) is 20.3. The lowest BCUT2D eigenvalue weighted by Crippen LogP contribution is -2.30. The standard InChI is InChI=1S/C61H116O5/c1-4-7-10-13-16-19-22-25-28-31-33-36-39-42-45-48-51-54-60(62)65-58-59(57-64-56-53-50-47-44-41-38-35-30-27-24-21-18-15-12-9-6-3)66-61(63)55-52-49-46-43-40-37-34-32-29-26-23-20-17-14-11-8-5-2/h16,19,25,28,59H,4-15,17-18,20-24,26-27,29-58H2,1-3H3/b19-16-,28-25-/t59-/m1/s1. The van der Waals surface area contributed by atoms with Crippen molar-refractivity contribution in [1.29, 1.82) is 0 Å². The first-order valence-corrected chi connectivity index (χ1v) is 29.9. The summed E-state index contributed by atoms with van der Waals surface area (Å²) in [6, 6.07) is 0. The molecule has 0 unspecified atom stereocenters. The van der Waals surface area contributed by atoms with Gasteiger partial charge in [0.05, 0.1) is 6.61 Å². The molecule has 1 atom stereocenters. The predicted octanol–water partition coefficient (Wildman–Crippen LogP) is 20.4. The van der Waals surface area contributed by atoms with Gasteiger partial charge < -0.3 is 14.2 Å². The highest BCUT2D eigenvalue weighted by molar-refractivity contribution is 5.70. The van der Waals surface area contributed by atoms with Crippen LogP contribution >= 0.6 is 0 Å². The van der Waals surface area contributed by atoms with Gasteiger partial charge in [-0.05, 0) is 51.4 Å². The highest BCUT2D eigenvalue weighted by Crippen LogP contribution is 2.17. The molecule has 0 aromatic heterocycles. The normalized spacial score (nSPS) is 12.2. The van der Waals surface area contributed by atoms with E-state index in [1.54, 1.807) is 0 Å². The van der Waals surface area contributed by atoms with Crippen LogP contribution in [0.3, 0.4) is 0 Å². The number of ether oxygens (including phenoxy) is 3. The summed E-state index contributed by atoms with van der Waals surface area (Å²) in [6.45, 7) is 7.88. The van der Waals surface area contributed by atoms with Crippen molar-refractivity contribution in [3.63, 3.8) is 0 Å². The maximum atomic E-state index is 12.9. The summed E-state index contributed by atoms with van der Waals surface area (Å²) in [5.41, 5.74) is 0. The summed E-state index contributed by atoms with van der Waals surface area (Å²) in [5, 5.41) is 0. The summed E-state index contributed by atoms with van der Waals surface area (Å²) in [4.78, 5) is 25.5. The van der Waals surface area contributed by atoms with E-state index in [2.05, 4.69) is 45.1 Å². The van der Waals surface area contributed by atoms with Crippen LogP contribution in [0.15, 0.2) is 24.3 Å². The first-order valence-electron chi connectivity index (χ1n) is 29.9. The molecule has 0 aromatic carbocycles. The molecular formula is C61H116O5. The molecule has 66 heavy (non-hydrogen) atoms. The van der Waals surface area contributed by atoms with Gasteiger partial charge in [-0.25, -0.2) is 0 Å². The van der Waals surface area contributed by atoms with Crippen LogP contribution in [0.2, 0.25) is 0 Å². The average Bonchev–Trinajstić information content (AvgIpc) is 3.32. The Hall–Kier alpha value is -1.62. The average molecular weight is 930 g/mol. The molecule has 0 aliphatic carbocycles. The first-order chi connectivity index (χ1) is 32.6. The zero-order chi connectivity index (χ0) is 47.7. The molecule has 0 spiro atoms. The maximum absolute atomic E-state index is 12.9. The lowest BCUT2D eigenvalue weighted by atomic mass is 10.0. The largest absolute Gasteiger partial charge is 0.462 e. The van der Waals surface area contributed by atoms with Crippen molar-refractivity contribution in [2.45, 2.75) is 335 Å². The van der Waals surface area contributed by atoms with Crippen molar-refractivity contribution in [3.8, 4) is 0 Å². The van der Waals surface area contributed by atoms with Gasteiger partial charge in [0.1, 0.15) is 6.61 Å². The SMILES string of the molecule is CCCCC/C=C\C/C=C\CCCCCCCCCC(=O)OC[C@@H](COCCCCCCCCCCCCCCCCCC)OC(=O)CCCCCCCCCCCCCCCCCCC. The van der Waals surface area contributed by atoms with Crippen molar-refractivity contribution >= 4 is 11.9 Å². The fourth-order valence-corrected chi connectivity index (χ4v) is 9.01. The van der Waals surface area contributed by atoms with E-state index in [-0.39, 0.29) is 18.5 Å². The highest BCUT2D eigenvalue weighted by Gasteiger charge is 2.17. The number of unbranched alkanes of at least 4 members (excludes halogenated alkanes) is 41. The van der Waals surface area contributed by atoms with Crippen LogP contribution in [0.25, 0.3) is 0 Å². The van der Waals surface area contributed by atoms with E-state index in [0.29, 0.717) is 26.1 Å². The van der Waals surface area contributed by atoms with Gasteiger partial charge in [0.15, 0.2) is 6.10 Å². The van der Waals surface area contributed by atoms with Crippen molar-refractivity contribution < 1.29 is 23.8 Å². The van der Waals surface area contributed by atoms with Crippen LogP contribution in [-0.4, -0.2) is 37.9 Å². The van der Waals surface area contributed by atoms with Gasteiger partial charge in [-0.3, -0.25) is 9.59 Å². The molecule has 0 N–H and O–H groups in total. The number of allylic oxidation sites excluding steroid dienone is 4. The molecule has 5 nitrogen and oxygen atoms in total. The first kappa shape index (κ1) is 64.4. The Kier molecular flexibility index (Phi) is 56.3. The number of hydrogen-bond acceptors (Lipinski definition) is 5. The van der Waals surface area contributed by atoms with Crippen molar-refractivity contribution in [3.05, 3.63) is 24.3 Å². The van der Waals surface area contributed by atoms with Gasteiger partial charge >= 0.3 is 11.9 Å². The zero-order valence-corrected chi connectivity index (χ0v) is 45.0. The van der Waals surface area contributed by atoms with Crippen LogP contribution in [0.4, 0.5) is 0 Å². The molecular weight excluding hydrogens is 813 g/mol. The Balaban J connectivity index is 4.23. The molecule has 0 radical (unpaired) electrons. The number of carbonyl (C=O) groups excluding carboxylic acids is 2. The van der Waals surface area contributed by atoms with Gasteiger partial charge in [0, 0.05) is 19.4 Å². The fraction of sp³-hybridized carbons (Fsp3) is 0.902. The van der Waals surface area contributed by atoms with E-state index >= 15 is 0 Å². The van der Waals surface area contributed by atoms with Crippen LogP contribution in [0.1, 0.15) is 329 Å². The molecule has 0 saturated carbocycles. The van der Waals surface area contributed by atoms with Crippen LogP contribution in [0.5, 0.6) is 0 Å². The van der Waals surface area contributed by atoms with Gasteiger partial charge in [-0.2, -0.15) is 0 Å². The minimum atomic E-state index is -0.532. The number of carbonyl (C=O) groups is 2. The molecule has 0 aromatic rings. The second kappa shape index (κ2) is 57.7. The molecule has 0 amide bonds. The van der Waals surface area contributed by atoms with E-state index in [9.17, 15) is 9.59 Å². The summed E-state index contributed by atoms with van der Waals surface area (Å²) < 4.78 is 17.5. The number of hydrogen-bond donors (Lipinski definition) is 0. The molecule has 0 bridgehead atoms. The van der Waals surface area contributed by atoms with Crippen LogP contribution in [0, 0.1) is 0 Å². The quantitative estimate of drug-likeness (QED) is 0.0345. The fourth-order valence-electron chi connectivity index (χ4n) is 9.01. The van der Waals surface area contributed by atoms with E-state index in [1.807, 2.05) is 0 Å². The Morgan fingerprint density at radius 2 is 0.636 bits per heavy atom. The van der Waals surface area contributed by atoms with Crippen molar-refractivity contribution in [1.82, 2.24) is 0 Å². The Morgan fingerprint density at radius 1 is 0.333 bits per heavy atom. The minimum absolute atomic E-state index is 0.0896. The topological polar surface area (TPSA) is 61.8 Å². The number of rotatable bonds is 56. The lowest BCUT2D eigenvalue weighted by Gasteiger charge is -2.18. The highest BCUT2D eigenvalue weighted by atomic mass is 16.6. The van der Waals surface area contributed by atoms with Gasteiger partial charge in [-0.1, -0.05) is 289 Å². The molecule has 0 saturated heterocycles. The van der Waals surface area contributed by atoms with Crippen molar-refractivity contribution in [2.75, 3.05) is 19.8 Å². The third-order valence-corrected chi connectivity index (χ3v) is 13.5. The van der Waals surface area contributed by atoms with Crippen molar-refractivity contribution in [2.24, 2.45) is 0 Å². The molecule has 0 heterocycles. The monoisotopic (exact) mass is 929 g/mol. The third kappa shape index (κ3) is 55.0. The molecule has 0 aliphatic heterocycles. The van der Waals surface area contributed by atoms with E-state index in [0.717, 1.165) is 38.5 Å². The van der Waals surface area contributed by atoms with E-state index in [4.69, 9.17) is 14.2 Å². The van der Waals surface area contributed by atoms with Gasteiger partial charge in [-0.15, -0.1) is 0 Å². The molecule has 0 rings (SSSR count). The molecule has 0 fully saturated rings. The zero-order valence-electron chi connectivity index (χ0n) is 45.0. The Labute approximate surface area is 413 Å². The summed E-state index contributed by atoms with van der Waals surface area (Å²) in [7, 11) is 0. The third-order valence-electron chi connectivity index (χ3n) is 13.5. The summed E-state index contributed by atoms with van der Waals surface area (Å²) in [6.07, 6.45) is 69.1. The Morgan fingerprint density at radius 3 is 1.03 bits per heavy atom. The predicted molar refractivity (Wildman–Crippen MR) is 289 cm³/mol. The summed E-state index contributed by atoms with van der Waals surface area (Å²) >= 11 is 0. The van der Waals surface area contributed by atoms with Crippen LogP contribution in [-0.2, 0) is 23.8 Å². The maximum Gasteiger partial charge on any atom is 0.306 e. The molecule has 390 valence electrons. The van der Waals surface area contributed by atoms with E-state index in [1.165, 1.54) is 257 Å². The van der Waals surface area contributed by atoms with Crippen LogP contribution < -0.4 is 0 Å². The lowest BCUT2D eigenvalue weighted by molar-refractivity contribution is -0.163.